The Morgan fingerprint density at radius 1 is 0.810 bits per heavy atom. The van der Waals surface area contributed by atoms with Crippen LogP contribution in [0, 0.1) is 13.8 Å². The van der Waals surface area contributed by atoms with Crippen molar-refractivity contribution in [1.29, 1.82) is 0 Å². The normalized spacial score (nSPS) is 12.2. The minimum absolute atomic E-state index is 0.357. The number of aromatic amines is 1. The molecule has 3 aromatic rings. The molecule has 0 aliphatic rings. The van der Waals surface area contributed by atoms with Gasteiger partial charge in [0.05, 0.1) is 39.8 Å². The third kappa shape index (κ3) is 2.01. The summed E-state index contributed by atoms with van der Waals surface area (Å²) in [6.45, 7) is 12.8. The highest BCUT2D eigenvalue weighted by Gasteiger charge is 2.22. The van der Waals surface area contributed by atoms with Crippen molar-refractivity contribution in [2.45, 2.75) is 53.4 Å². The van der Waals surface area contributed by atoms with Crippen molar-refractivity contribution in [3.8, 4) is 0 Å². The molecule has 3 rings (SSSR count). The van der Waals surface area contributed by atoms with Crippen molar-refractivity contribution in [3.63, 3.8) is 0 Å². The Labute approximate surface area is 125 Å². The number of H-pyrrole nitrogens is 1. The van der Waals surface area contributed by atoms with Gasteiger partial charge in [0.15, 0.2) is 0 Å². The van der Waals surface area contributed by atoms with Crippen LogP contribution >= 0.6 is 0 Å². The van der Waals surface area contributed by atoms with Crippen LogP contribution < -0.4 is 0 Å². The molecule has 0 atom stereocenters. The van der Waals surface area contributed by atoms with Gasteiger partial charge in [-0.3, -0.25) is 0 Å². The number of hydrogen-bond donors (Lipinski definition) is 1. The van der Waals surface area contributed by atoms with Gasteiger partial charge < -0.3 is 4.98 Å². The molecule has 0 saturated carbocycles. The topological polar surface area (TPSA) is 54.5 Å². The van der Waals surface area contributed by atoms with Crippen LogP contribution in [0.1, 0.15) is 62.0 Å². The number of nitrogens with zero attached hydrogens (tertiary/aromatic N) is 3. The van der Waals surface area contributed by atoms with Crippen LogP contribution in [0.5, 0.6) is 0 Å². The molecular weight excluding hydrogens is 260 g/mol. The van der Waals surface area contributed by atoms with E-state index < -0.39 is 0 Å². The van der Waals surface area contributed by atoms with E-state index in [1.165, 1.54) is 11.1 Å². The predicted octanol–water partition coefficient (Wildman–Crippen LogP) is 4.37. The lowest BCUT2D eigenvalue weighted by Gasteiger charge is -2.17. The van der Waals surface area contributed by atoms with Gasteiger partial charge in [0.25, 0.3) is 0 Å². The first kappa shape index (κ1) is 14.0. The average Bonchev–Trinajstić information content (AvgIpc) is 2.84. The summed E-state index contributed by atoms with van der Waals surface area (Å²) in [7, 11) is 0. The zero-order valence-electron chi connectivity index (χ0n) is 13.6. The lowest BCUT2D eigenvalue weighted by Crippen LogP contribution is -2.04. The Bertz CT molecular complexity index is 760. The van der Waals surface area contributed by atoms with E-state index in [4.69, 9.17) is 9.97 Å². The molecule has 0 bridgehead atoms. The summed E-state index contributed by atoms with van der Waals surface area (Å²) < 4.78 is 0. The van der Waals surface area contributed by atoms with E-state index in [-0.39, 0.29) is 0 Å². The maximum Gasteiger partial charge on any atom is 0.0950 e. The summed E-state index contributed by atoms with van der Waals surface area (Å²) in [5.41, 5.74) is 8.59. The molecule has 1 aromatic carbocycles. The molecule has 0 spiro atoms. The molecule has 4 heteroatoms. The van der Waals surface area contributed by atoms with E-state index in [1.807, 2.05) is 13.8 Å². The molecule has 0 aliphatic heterocycles. The summed E-state index contributed by atoms with van der Waals surface area (Å²) in [4.78, 5) is 17.6. The average molecular weight is 282 g/mol. The van der Waals surface area contributed by atoms with Crippen molar-refractivity contribution in [3.05, 3.63) is 28.8 Å². The van der Waals surface area contributed by atoms with Gasteiger partial charge in [-0.15, -0.1) is 0 Å². The second kappa shape index (κ2) is 4.79. The van der Waals surface area contributed by atoms with Gasteiger partial charge in [0.1, 0.15) is 0 Å². The highest BCUT2D eigenvalue weighted by atomic mass is 14.9. The number of hydrogen-bond acceptors (Lipinski definition) is 3. The van der Waals surface area contributed by atoms with E-state index >= 15 is 0 Å². The van der Waals surface area contributed by atoms with Crippen LogP contribution in [-0.4, -0.2) is 19.9 Å². The molecule has 4 nitrogen and oxygen atoms in total. The fourth-order valence-corrected chi connectivity index (χ4v) is 3.02. The molecule has 2 heterocycles. The van der Waals surface area contributed by atoms with Crippen LogP contribution in [0.25, 0.3) is 22.1 Å². The van der Waals surface area contributed by atoms with Gasteiger partial charge in [0.2, 0.25) is 0 Å². The molecule has 2 aromatic heterocycles. The van der Waals surface area contributed by atoms with Crippen molar-refractivity contribution in [1.82, 2.24) is 19.9 Å². The standard InChI is InChI=1S/C17H22N4/c1-8(2)12-14-15(19-7-18-14)13(9(3)4)17-16(12)20-10(5)11(6)21-17/h7-9H,1-6H3,(H,18,19). The smallest absolute Gasteiger partial charge is 0.0950 e. The first-order chi connectivity index (χ1) is 9.91. The van der Waals surface area contributed by atoms with E-state index in [1.54, 1.807) is 6.33 Å². The molecule has 0 unspecified atom stereocenters. The minimum Gasteiger partial charge on any atom is -0.344 e. The highest BCUT2D eigenvalue weighted by molar-refractivity contribution is 6.00. The number of rotatable bonds is 2. The van der Waals surface area contributed by atoms with Crippen LogP contribution in [0.3, 0.4) is 0 Å². The fourth-order valence-electron chi connectivity index (χ4n) is 3.02. The van der Waals surface area contributed by atoms with Gasteiger partial charge in [0, 0.05) is 11.1 Å². The summed E-state index contributed by atoms with van der Waals surface area (Å²) in [6, 6.07) is 0. The monoisotopic (exact) mass is 282 g/mol. The zero-order valence-corrected chi connectivity index (χ0v) is 13.6. The van der Waals surface area contributed by atoms with Crippen LogP contribution in [0.2, 0.25) is 0 Å². The molecule has 0 fully saturated rings. The second-order valence-electron chi connectivity index (χ2n) is 6.35. The van der Waals surface area contributed by atoms with Crippen molar-refractivity contribution >= 4 is 22.1 Å². The first-order valence-corrected chi connectivity index (χ1v) is 7.55. The summed E-state index contributed by atoms with van der Waals surface area (Å²) >= 11 is 0. The van der Waals surface area contributed by atoms with Crippen molar-refractivity contribution in [2.75, 3.05) is 0 Å². The molecule has 110 valence electrons. The Kier molecular flexibility index (Phi) is 3.19. The molecular formula is C17H22N4. The van der Waals surface area contributed by atoms with E-state index in [0.29, 0.717) is 11.8 Å². The quantitative estimate of drug-likeness (QED) is 0.759. The van der Waals surface area contributed by atoms with E-state index in [9.17, 15) is 0 Å². The predicted molar refractivity (Wildman–Crippen MR) is 86.8 cm³/mol. The SMILES string of the molecule is Cc1nc2c(C(C)C)c3nc[nH]c3c(C(C)C)c2nc1C. The summed E-state index contributed by atoms with van der Waals surface area (Å²) in [5.74, 6) is 0.726. The van der Waals surface area contributed by atoms with Gasteiger partial charge in [-0.2, -0.15) is 0 Å². The van der Waals surface area contributed by atoms with Gasteiger partial charge in [-0.1, -0.05) is 27.7 Å². The van der Waals surface area contributed by atoms with E-state index in [2.05, 4.69) is 37.7 Å². The fraction of sp³-hybridized carbons (Fsp3) is 0.471. The summed E-state index contributed by atoms with van der Waals surface area (Å²) in [5, 5.41) is 0. The minimum atomic E-state index is 0.357. The Morgan fingerprint density at radius 2 is 1.33 bits per heavy atom. The highest BCUT2D eigenvalue weighted by Crippen LogP contribution is 2.37. The van der Waals surface area contributed by atoms with Crippen LogP contribution in [0.15, 0.2) is 6.33 Å². The maximum absolute atomic E-state index is 4.86. The lowest BCUT2D eigenvalue weighted by atomic mass is 9.92. The number of aryl methyl sites for hydroxylation is 2. The third-order valence-corrected chi connectivity index (χ3v) is 4.14. The maximum atomic E-state index is 4.86. The van der Waals surface area contributed by atoms with E-state index in [0.717, 1.165) is 33.5 Å². The number of benzene rings is 1. The number of fused-ring (bicyclic) bond motifs is 2. The molecule has 21 heavy (non-hydrogen) atoms. The van der Waals surface area contributed by atoms with Crippen molar-refractivity contribution < 1.29 is 0 Å². The van der Waals surface area contributed by atoms with Crippen LogP contribution in [0.4, 0.5) is 0 Å². The zero-order chi connectivity index (χ0) is 15.3. The van der Waals surface area contributed by atoms with Crippen molar-refractivity contribution in [2.24, 2.45) is 0 Å². The summed E-state index contributed by atoms with van der Waals surface area (Å²) in [6.07, 6.45) is 1.78. The van der Waals surface area contributed by atoms with Crippen LogP contribution in [-0.2, 0) is 0 Å². The van der Waals surface area contributed by atoms with Gasteiger partial charge in [-0.05, 0) is 25.7 Å². The number of aromatic nitrogens is 4. The number of nitrogens with one attached hydrogen (secondary N) is 1. The Balaban J connectivity index is 2.62. The Morgan fingerprint density at radius 3 is 1.86 bits per heavy atom. The molecule has 0 aliphatic carbocycles. The van der Waals surface area contributed by atoms with Gasteiger partial charge in [-0.25, -0.2) is 15.0 Å². The second-order valence-corrected chi connectivity index (χ2v) is 6.35. The number of imidazole rings is 1. The van der Waals surface area contributed by atoms with Gasteiger partial charge >= 0.3 is 0 Å². The largest absolute Gasteiger partial charge is 0.344 e. The third-order valence-electron chi connectivity index (χ3n) is 4.14. The molecule has 0 radical (unpaired) electrons. The molecule has 1 N–H and O–H groups in total. The lowest BCUT2D eigenvalue weighted by molar-refractivity contribution is 0.860. The molecule has 0 amide bonds. The Hall–Kier alpha value is -1.97. The first-order valence-electron chi connectivity index (χ1n) is 7.55. The molecule has 0 saturated heterocycles.